The Labute approximate surface area is 163 Å². The lowest BCUT2D eigenvalue weighted by Crippen LogP contribution is -2.42. The van der Waals surface area contributed by atoms with Crippen LogP contribution in [0.2, 0.25) is 0 Å². The van der Waals surface area contributed by atoms with E-state index in [0.29, 0.717) is 6.04 Å². The van der Waals surface area contributed by atoms with Crippen molar-refractivity contribution in [3.63, 3.8) is 0 Å². The summed E-state index contributed by atoms with van der Waals surface area (Å²) in [6.45, 7) is 11.9. The van der Waals surface area contributed by atoms with E-state index in [-0.39, 0.29) is 6.09 Å². The second kappa shape index (κ2) is 7.34. The van der Waals surface area contributed by atoms with E-state index in [9.17, 15) is 4.79 Å². The highest BCUT2D eigenvalue weighted by Crippen LogP contribution is 2.29. The minimum absolute atomic E-state index is 0.169. The standard InChI is InChI=1S/C22H33N3O2/c1-22(2,3)27-21(26)25-13-9-20(16-25)24-12-8-17-14-19(7-6-18(17)15-24)23-10-4-5-11-23/h6-7,14,20H,4-5,8-13,15-16H2,1-3H3. The van der Waals surface area contributed by atoms with E-state index in [0.717, 1.165) is 39.0 Å². The van der Waals surface area contributed by atoms with Gasteiger partial charge in [-0.2, -0.15) is 0 Å². The van der Waals surface area contributed by atoms with Crippen molar-refractivity contribution < 1.29 is 9.53 Å². The van der Waals surface area contributed by atoms with Crippen molar-refractivity contribution in [3.8, 4) is 0 Å². The van der Waals surface area contributed by atoms with Gasteiger partial charge in [0.2, 0.25) is 0 Å². The third-order valence-electron chi connectivity index (χ3n) is 6.03. The fraction of sp³-hybridized carbons (Fsp3) is 0.682. The number of carbonyl (C=O) groups excluding carboxylic acids is 1. The lowest BCUT2D eigenvalue weighted by atomic mass is 9.97. The lowest BCUT2D eigenvalue weighted by molar-refractivity contribution is 0.0278. The molecule has 3 aliphatic rings. The van der Waals surface area contributed by atoms with Gasteiger partial charge in [-0.1, -0.05) is 6.07 Å². The molecular formula is C22H33N3O2. The van der Waals surface area contributed by atoms with Crippen molar-refractivity contribution in [2.75, 3.05) is 37.6 Å². The second-order valence-corrected chi connectivity index (χ2v) is 9.24. The second-order valence-electron chi connectivity index (χ2n) is 9.24. The molecule has 3 heterocycles. The van der Waals surface area contributed by atoms with Gasteiger partial charge in [-0.3, -0.25) is 4.90 Å². The summed E-state index contributed by atoms with van der Waals surface area (Å²) >= 11 is 0. The highest BCUT2D eigenvalue weighted by molar-refractivity contribution is 5.68. The number of amides is 1. The zero-order valence-electron chi connectivity index (χ0n) is 17.0. The molecule has 1 amide bonds. The first-order valence-corrected chi connectivity index (χ1v) is 10.5. The molecule has 4 rings (SSSR count). The van der Waals surface area contributed by atoms with E-state index < -0.39 is 5.60 Å². The molecule has 27 heavy (non-hydrogen) atoms. The quantitative estimate of drug-likeness (QED) is 0.795. The minimum atomic E-state index is -0.424. The molecule has 1 unspecified atom stereocenters. The van der Waals surface area contributed by atoms with Crippen molar-refractivity contribution in [2.24, 2.45) is 0 Å². The number of hydrogen-bond donors (Lipinski definition) is 0. The Morgan fingerprint density at radius 2 is 1.85 bits per heavy atom. The zero-order valence-corrected chi connectivity index (χ0v) is 17.0. The number of anilines is 1. The predicted octanol–water partition coefficient (Wildman–Crippen LogP) is 3.65. The van der Waals surface area contributed by atoms with Crippen molar-refractivity contribution >= 4 is 11.8 Å². The van der Waals surface area contributed by atoms with Crippen molar-refractivity contribution in [1.29, 1.82) is 0 Å². The maximum Gasteiger partial charge on any atom is 0.410 e. The van der Waals surface area contributed by atoms with Gasteiger partial charge in [-0.15, -0.1) is 0 Å². The highest BCUT2D eigenvalue weighted by Gasteiger charge is 2.34. The smallest absolute Gasteiger partial charge is 0.410 e. The van der Waals surface area contributed by atoms with Crippen LogP contribution in [0.1, 0.15) is 51.2 Å². The Hall–Kier alpha value is -1.75. The molecule has 148 valence electrons. The average Bonchev–Trinajstić information content (AvgIpc) is 3.31. The molecule has 5 nitrogen and oxygen atoms in total. The molecule has 1 aromatic carbocycles. The maximum atomic E-state index is 12.3. The SMILES string of the molecule is CC(C)(C)OC(=O)N1CCC(N2CCc3cc(N4CCCC4)ccc3C2)C1. The van der Waals surface area contributed by atoms with Gasteiger partial charge in [0.05, 0.1) is 0 Å². The van der Waals surface area contributed by atoms with Crippen LogP contribution in [0, 0.1) is 0 Å². The number of benzene rings is 1. The molecule has 0 aliphatic carbocycles. The zero-order chi connectivity index (χ0) is 19.0. The van der Waals surface area contributed by atoms with Crippen LogP contribution < -0.4 is 4.90 Å². The fourth-order valence-corrected chi connectivity index (χ4v) is 4.58. The van der Waals surface area contributed by atoms with E-state index in [4.69, 9.17) is 4.74 Å². The number of ether oxygens (including phenoxy) is 1. The van der Waals surface area contributed by atoms with Gasteiger partial charge < -0.3 is 14.5 Å². The summed E-state index contributed by atoms with van der Waals surface area (Å²) < 4.78 is 5.54. The molecule has 0 saturated carbocycles. The predicted molar refractivity (Wildman–Crippen MR) is 108 cm³/mol. The third-order valence-corrected chi connectivity index (χ3v) is 6.03. The Bertz CT molecular complexity index is 691. The summed E-state index contributed by atoms with van der Waals surface area (Å²) in [7, 11) is 0. The monoisotopic (exact) mass is 371 g/mol. The van der Waals surface area contributed by atoms with Crippen LogP contribution >= 0.6 is 0 Å². The number of rotatable bonds is 2. The molecule has 5 heteroatoms. The van der Waals surface area contributed by atoms with E-state index in [1.807, 2.05) is 25.7 Å². The lowest BCUT2D eigenvalue weighted by Gasteiger charge is -2.34. The molecule has 0 bridgehead atoms. The number of carbonyl (C=O) groups is 1. The first-order valence-electron chi connectivity index (χ1n) is 10.5. The first-order chi connectivity index (χ1) is 12.9. The van der Waals surface area contributed by atoms with E-state index in [1.54, 1.807) is 0 Å². The Morgan fingerprint density at radius 3 is 2.59 bits per heavy atom. The van der Waals surface area contributed by atoms with Crippen LogP contribution in [0.15, 0.2) is 18.2 Å². The Morgan fingerprint density at radius 1 is 1.07 bits per heavy atom. The van der Waals surface area contributed by atoms with Crippen LogP contribution in [-0.4, -0.2) is 60.3 Å². The number of fused-ring (bicyclic) bond motifs is 1. The van der Waals surface area contributed by atoms with Crippen LogP contribution in [-0.2, 0) is 17.7 Å². The van der Waals surface area contributed by atoms with Crippen LogP contribution in [0.3, 0.4) is 0 Å². The van der Waals surface area contributed by atoms with Crippen molar-refractivity contribution in [3.05, 3.63) is 29.3 Å². The molecule has 1 aromatic rings. The minimum Gasteiger partial charge on any atom is -0.444 e. The molecule has 0 spiro atoms. The summed E-state index contributed by atoms with van der Waals surface area (Å²) in [5.41, 5.74) is 3.95. The molecule has 0 aromatic heterocycles. The van der Waals surface area contributed by atoms with Gasteiger partial charge in [0.25, 0.3) is 0 Å². The number of likely N-dealkylation sites (tertiary alicyclic amines) is 1. The van der Waals surface area contributed by atoms with Crippen LogP contribution in [0.4, 0.5) is 10.5 Å². The summed E-state index contributed by atoms with van der Waals surface area (Å²) in [6.07, 6.45) is 4.62. The van der Waals surface area contributed by atoms with Gasteiger partial charge >= 0.3 is 6.09 Å². The fourth-order valence-electron chi connectivity index (χ4n) is 4.58. The van der Waals surface area contributed by atoms with Gasteiger partial charge in [-0.25, -0.2) is 4.79 Å². The molecule has 3 aliphatic heterocycles. The van der Waals surface area contributed by atoms with Crippen molar-refractivity contribution in [1.82, 2.24) is 9.80 Å². The topological polar surface area (TPSA) is 36.0 Å². The molecular weight excluding hydrogens is 338 g/mol. The highest BCUT2D eigenvalue weighted by atomic mass is 16.6. The maximum absolute atomic E-state index is 12.3. The number of hydrogen-bond acceptors (Lipinski definition) is 4. The Balaban J connectivity index is 1.36. The average molecular weight is 372 g/mol. The first kappa shape index (κ1) is 18.6. The third kappa shape index (κ3) is 4.23. The van der Waals surface area contributed by atoms with E-state index in [2.05, 4.69) is 28.0 Å². The molecule has 2 fully saturated rings. The van der Waals surface area contributed by atoms with E-state index >= 15 is 0 Å². The van der Waals surface area contributed by atoms with Gasteiger partial charge in [-0.05, 0) is 69.7 Å². The summed E-state index contributed by atoms with van der Waals surface area (Å²) in [5, 5.41) is 0. The van der Waals surface area contributed by atoms with Crippen LogP contribution in [0.5, 0.6) is 0 Å². The summed E-state index contributed by atoms with van der Waals surface area (Å²) in [6, 6.07) is 7.49. The summed E-state index contributed by atoms with van der Waals surface area (Å²) in [4.78, 5) is 19.3. The van der Waals surface area contributed by atoms with E-state index in [1.165, 1.54) is 42.7 Å². The largest absolute Gasteiger partial charge is 0.444 e. The molecule has 2 saturated heterocycles. The Kier molecular flexibility index (Phi) is 5.06. The number of nitrogens with zero attached hydrogens (tertiary/aromatic N) is 3. The van der Waals surface area contributed by atoms with Crippen LogP contribution in [0.25, 0.3) is 0 Å². The van der Waals surface area contributed by atoms with Gasteiger partial charge in [0, 0.05) is 51.0 Å². The molecule has 0 N–H and O–H groups in total. The molecule has 0 radical (unpaired) electrons. The van der Waals surface area contributed by atoms with Crippen molar-refractivity contribution in [2.45, 2.75) is 64.6 Å². The normalized spacial score (nSPS) is 23.6. The molecule has 1 atom stereocenters. The van der Waals surface area contributed by atoms with Gasteiger partial charge in [0.15, 0.2) is 0 Å². The summed E-state index contributed by atoms with van der Waals surface area (Å²) in [5.74, 6) is 0. The van der Waals surface area contributed by atoms with Gasteiger partial charge in [0.1, 0.15) is 5.60 Å².